The first kappa shape index (κ1) is 17.6. The number of ether oxygens (including phenoxy) is 2. The van der Waals surface area contributed by atoms with E-state index in [0.717, 1.165) is 42.3 Å². The van der Waals surface area contributed by atoms with Gasteiger partial charge < -0.3 is 13.9 Å². The van der Waals surface area contributed by atoms with Crippen molar-refractivity contribution in [2.45, 2.75) is 25.4 Å². The lowest BCUT2D eigenvalue weighted by Gasteiger charge is -2.24. The summed E-state index contributed by atoms with van der Waals surface area (Å²) in [7, 11) is 3.34. The van der Waals surface area contributed by atoms with Crippen LogP contribution in [0.4, 0.5) is 0 Å². The third-order valence-electron chi connectivity index (χ3n) is 5.09. The fraction of sp³-hybridized carbons (Fsp3) is 0.318. The summed E-state index contributed by atoms with van der Waals surface area (Å²) in [5.41, 5.74) is 3.21. The van der Waals surface area contributed by atoms with Crippen LogP contribution in [0.2, 0.25) is 0 Å². The molecule has 140 valence electrons. The zero-order chi connectivity index (χ0) is 18.6. The molecule has 1 fully saturated rings. The minimum atomic E-state index is 0.349. The molecule has 0 amide bonds. The van der Waals surface area contributed by atoms with Crippen LogP contribution >= 0.6 is 0 Å². The van der Waals surface area contributed by atoms with Crippen LogP contribution in [0.15, 0.2) is 59.2 Å². The number of hydrogen-bond donors (Lipinski definition) is 0. The van der Waals surface area contributed by atoms with Crippen LogP contribution < -0.4 is 9.47 Å². The number of methoxy groups -OCH3 is 2. The SMILES string of the molecule is COc1ccc([C@H]2CCCN2Cc2coc(-c3ccccc3)n2)cc1OC. The maximum absolute atomic E-state index is 5.69. The molecule has 3 aromatic rings. The Labute approximate surface area is 159 Å². The third-order valence-corrected chi connectivity index (χ3v) is 5.09. The van der Waals surface area contributed by atoms with Gasteiger partial charge in [-0.1, -0.05) is 24.3 Å². The largest absolute Gasteiger partial charge is 0.493 e. The summed E-state index contributed by atoms with van der Waals surface area (Å²) in [5.74, 6) is 2.21. The molecule has 5 nitrogen and oxygen atoms in total. The minimum Gasteiger partial charge on any atom is -0.493 e. The van der Waals surface area contributed by atoms with Crippen molar-refractivity contribution in [3.8, 4) is 23.0 Å². The summed E-state index contributed by atoms with van der Waals surface area (Å²) >= 11 is 0. The van der Waals surface area contributed by atoms with Gasteiger partial charge in [0.2, 0.25) is 5.89 Å². The predicted molar refractivity (Wildman–Crippen MR) is 104 cm³/mol. The van der Waals surface area contributed by atoms with E-state index in [4.69, 9.17) is 13.9 Å². The smallest absolute Gasteiger partial charge is 0.226 e. The van der Waals surface area contributed by atoms with E-state index in [9.17, 15) is 0 Å². The molecule has 0 spiro atoms. The van der Waals surface area contributed by atoms with Gasteiger partial charge in [-0.25, -0.2) is 4.98 Å². The summed E-state index contributed by atoms with van der Waals surface area (Å²) < 4.78 is 16.5. The van der Waals surface area contributed by atoms with E-state index in [2.05, 4.69) is 22.0 Å². The molecule has 0 radical (unpaired) electrons. The van der Waals surface area contributed by atoms with Crippen LogP contribution in [0.1, 0.15) is 30.1 Å². The highest BCUT2D eigenvalue weighted by Gasteiger charge is 2.27. The molecule has 0 unspecified atom stereocenters. The van der Waals surface area contributed by atoms with E-state index in [1.54, 1.807) is 20.5 Å². The van der Waals surface area contributed by atoms with Crippen LogP contribution in [-0.2, 0) is 6.54 Å². The minimum absolute atomic E-state index is 0.349. The Hall–Kier alpha value is -2.79. The van der Waals surface area contributed by atoms with E-state index >= 15 is 0 Å². The number of hydrogen-bond acceptors (Lipinski definition) is 5. The molecule has 0 bridgehead atoms. The second kappa shape index (κ2) is 7.84. The van der Waals surface area contributed by atoms with Gasteiger partial charge in [0.15, 0.2) is 11.5 Å². The van der Waals surface area contributed by atoms with E-state index in [1.165, 1.54) is 12.0 Å². The normalized spacial score (nSPS) is 17.2. The third kappa shape index (κ3) is 3.69. The quantitative estimate of drug-likeness (QED) is 0.635. The van der Waals surface area contributed by atoms with Crippen molar-refractivity contribution >= 4 is 0 Å². The maximum atomic E-state index is 5.69. The molecular formula is C22H24N2O3. The average molecular weight is 364 g/mol. The van der Waals surface area contributed by atoms with Gasteiger partial charge in [-0.2, -0.15) is 0 Å². The van der Waals surface area contributed by atoms with Gasteiger partial charge in [-0.3, -0.25) is 4.90 Å². The number of rotatable bonds is 6. The van der Waals surface area contributed by atoms with Crippen LogP contribution in [0.3, 0.4) is 0 Å². The molecule has 0 N–H and O–H groups in total. The molecule has 2 heterocycles. The lowest BCUT2D eigenvalue weighted by molar-refractivity contribution is 0.244. The molecular weight excluding hydrogens is 340 g/mol. The number of benzene rings is 2. The second-order valence-corrected chi connectivity index (χ2v) is 6.75. The lowest BCUT2D eigenvalue weighted by Crippen LogP contribution is -2.23. The molecule has 1 aliphatic heterocycles. The van der Waals surface area contributed by atoms with Crippen LogP contribution in [-0.4, -0.2) is 30.6 Å². The highest BCUT2D eigenvalue weighted by atomic mass is 16.5. The zero-order valence-electron chi connectivity index (χ0n) is 15.7. The maximum Gasteiger partial charge on any atom is 0.226 e. The van der Waals surface area contributed by atoms with Gasteiger partial charge in [0.1, 0.15) is 6.26 Å². The summed E-state index contributed by atoms with van der Waals surface area (Å²) in [6, 6.07) is 16.5. The van der Waals surface area contributed by atoms with Gasteiger partial charge in [-0.15, -0.1) is 0 Å². The summed E-state index contributed by atoms with van der Waals surface area (Å²) in [6.07, 6.45) is 4.06. The molecule has 4 rings (SSSR count). The van der Waals surface area contributed by atoms with Crippen molar-refractivity contribution < 1.29 is 13.9 Å². The monoisotopic (exact) mass is 364 g/mol. The van der Waals surface area contributed by atoms with E-state index in [0.29, 0.717) is 11.9 Å². The highest BCUT2D eigenvalue weighted by molar-refractivity contribution is 5.52. The number of oxazole rings is 1. The Bertz CT molecular complexity index is 892. The van der Waals surface area contributed by atoms with Crippen molar-refractivity contribution in [3.05, 3.63) is 66.1 Å². The van der Waals surface area contributed by atoms with Crippen molar-refractivity contribution in [2.24, 2.45) is 0 Å². The molecule has 0 aliphatic carbocycles. The molecule has 1 saturated heterocycles. The van der Waals surface area contributed by atoms with Crippen LogP contribution in [0, 0.1) is 0 Å². The second-order valence-electron chi connectivity index (χ2n) is 6.75. The summed E-state index contributed by atoms with van der Waals surface area (Å²) in [6.45, 7) is 1.82. The lowest BCUT2D eigenvalue weighted by atomic mass is 10.0. The van der Waals surface area contributed by atoms with E-state index in [-0.39, 0.29) is 0 Å². The fourth-order valence-corrected chi connectivity index (χ4v) is 3.75. The molecule has 1 aliphatic rings. The Kier molecular flexibility index (Phi) is 5.12. The van der Waals surface area contributed by atoms with Crippen molar-refractivity contribution in [3.63, 3.8) is 0 Å². The topological polar surface area (TPSA) is 47.7 Å². The Morgan fingerprint density at radius 3 is 2.67 bits per heavy atom. The summed E-state index contributed by atoms with van der Waals surface area (Å²) in [5, 5.41) is 0. The summed E-state index contributed by atoms with van der Waals surface area (Å²) in [4.78, 5) is 7.13. The molecule has 27 heavy (non-hydrogen) atoms. The number of likely N-dealkylation sites (tertiary alicyclic amines) is 1. The zero-order valence-corrected chi connectivity index (χ0v) is 15.7. The first-order valence-corrected chi connectivity index (χ1v) is 9.24. The van der Waals surface area contributed by atoms with Crippen LogP contribution in [0.25, 0.3) is 11.5 Å². The predicted octanol–water partition coefficient (Wildman–Crippen LogP) is 4.70. The molecule has 1 atom stereocenters. The fourth-order valence-electron chi connectivity index (χ4n) is 3.75. The number of aromatic nitrogens is 1. The van der Waals surface area contributed by atoms with E-state index < -0.39 is 0 Å². The Morgan fingerprint density at radius 1 is 1.07 bits per heavy atom. The van der Waals surface area contributed by atoms with Gasteiger partial charge in [0, 0.05) is 18.2 Å². The molecule has 2 aromatic carbocycles. The van der Waals surface area contributed by atoms with Crippen molar-refractivity contribution in [1.82, 2.24) is 9.88 Å². The highest BCUT2D eigenvalue weighted by Crippen LogP contribution is 2.37. The van der Waals surface area contributed by atoms with E-state index in [1.807, 2.05) is 36.4 Å². The average Bonchev–Trinajstić information content (AvgIpc) is 3.38. The standard InChI is InChI=1S/C22H24N2O3/c1-25-20-11-10-17(13-21(20)26-2)19-9-6-12-24(19)14-18-15-27-22(23-18)16-7-4-3-5-8-16/h3-5,7-8,10-11,13,15,19H,6,9,12,14H2,1-2H3/t19-/m1/s1. The van der Waals surface area contributed by atoms with Gasteiger partial charge in [0.25, 0.3) is 0 Å². The van der Waals surface area contributed by atoms with Gasteiger partial charge in [-0.05, 0) is 49.2 Å². The van der Waals surface area contributed by atoms with Crippen molar-refractivity contribution in [2.75, 3.05) is 20.8 Å². The van der Waals surface area contributed by atoms with Gasteiger partial charge >= 0.3 is 0 Å². The first-order chi connectivity index (χ1) is 13.3. The molecule has 5 heteroatoms. The van der Waals surface area contributed by atoms with Crippen LogP contribution in [0.5, 0.6) is 11.5 Å². The molecule has 1 aromatic heterocycles. The Balaban J connectivity index is 1.52. The van der Waals surface area contributed by atoms with Crippen molar-refractivity contribution in [1.29, 1.82) is 0 Å². The number of nitrogens with zero attached hydrogens (tertiary/aromatic N) is 2. The first-order valence-electron chi connectivity index (χ1n) is 9.24. The van der Waals surface area contributed by atoms with Gasteiger partial charge in [0.05, 0.1) is 19.9 Å². The Morgan fingerprint density at radius 2 is 1.89 bits per heavy atom. The molecule has 0 saturated carbocycles.